The molecule has 1 fully saturated rings. The molecule has 0 amide bonds. The molecule has 1 aliphatic rings. The molecule has 2 aromatic rings. The predicted octanol–water partition coefficient (Wildman–Crippen LogP) is 4.11. The number of aromatic nitrogens is 2. The smallest absolute Gasteiger partial charge is 0.376 e. The van der Waals surface area contributed by atoms with Crippen molar-refractivity contribution in [2.24, 2.45) is 0 Å². The van der Waals surface area contributed by atoms with Gasteiger partial charge in [-0.25, -0.2) is 13.9 Å². The number of fused-ring (bicyclic) bond motifs is 1. The Balaban J connectivity index is 1.85. The minimum Gasteiger partial charge on any atom is -0.376 e. The van der Waals surface area contributed by atoms with Crippen LogP contribution in [0.3, 0.4) is 0 Å². The van der Waals surface area contributed by atoms with E-state index in [2.05, 4.69) is 4.98 Å². The molecule has 10 heteroatoms. The Morgan fingerprint density at radius 3 is 2.72 bits per heavy atom. The average molecular weight is 430 g/mol. The van der Waals surface area contributed by atoms with Gasteiger partial charge in [-0.15, -0.1) is 0 Å². The van der Waals surface area contributed by atoms with Gasteiger partial charge in [-0.05, 0) is 52.3 Å². The second kappa shape index (κ2) is 8.79. The second-order valence-electron chi connectivity index (χ2n) is 7.76. The van der Waals surface area contributed by atoms with Crippen LogP contribution in [0.2, 0.25) is 0 Å². The molecule has 2 heterocycles. The first kappa shape index (κ1) is 22.3. The number of ether oxygens (including phenoxy) is 2. The molecule has 3 rings (SSSR count). The number of phosphoric ester groups is 1. The van der Waals surface area contributed by atoms with Gasteiger partial charge >= 0.3 is 7.82 Å². The average Bonchev–Trinajstić information content (AvgIpc) is 3.15. The third-order valence-electron chi connectivity index (χ3n) is 4.53. The lowest BCUT2D eigenvalue weighted by Crippen LogP contribution is -2.30. The van der Waals surface area contributed by atoms with Crippen LogP contribution in [0.1, 0.15) is 45.9 Å². The van der Waals surface area contributed by atoms with Crippen LogP contribution >= 0.6 is 7.82 Å². The molecule has 29 heavy (non-hydrogen) atoms. The monoisotopic (exact) mass is 430 g/mol. The van der Waals surface area contributed by atoms with Crippen molar-refractivity contribution in [3.8, 4) is 0 Å². The van der Waals surface area contributed by atoms with Gasteiger partial charge < -0.3 is 18.9 Å². The van der Waals surface area contributed by atoms with Crippen molar-refractivity contribution in [3.63, 3.8) is 0 Å². The van der Waals surface area contributed by atoms with E-state index in [0.717, 1.165) is 5.56 Å². The van der Waals surface area contributed by atoms with Gasteiger partial charge in [-0.2, -0.15) is 0 Å². The zero-order valence-corrected chi connectivity index (χ0v) is 18.1. The van der Waals surface area contributed by atoms with E-state index in [1.54, 1.807) is 31.7 Å². The van der Waals surface area contributed by atoms with Crippen LogP contribution in [0.25, 0.3) is 11.0 Å². The summed E-state index contributed by atoms with van der Waals surface area (Å²) in [5.41, 5.74) is 1.97. The molecule has 0 spiro atoms. The summed E-state index contributed by atoms with van der Waals surface area (Å²) in [5.74, 6) is -0.368. The van der Waals surface area contributed by atoms with Gasteiger partial charge in [-0.3, -0.25) is 9.05 Å². The van der Waals surface area contributed by atoms with Crippen LogP contribution in [0.4, 0.5) is 4.39 Å². The lowest BCUT2D eigenvalue weighted by Gasteiger charge is -2.22. The fourth-order valence-electron chi connectivity index (χ4n) is 3.38. The number of benzene rings is 1. The molecule has 0 radical (unpaired) electrons. The lowest BCUT2D eigenvalue weighted by atomic mass is 10.2. The minimum atomic E-state index is -4.27. The van der Waals surface area contributed by atoms with Crippen LogP contribution in [0.5, 0.6) is 0 Å². The number of imidazole rings is 1. The van der Waals surface area contributed by atoms with Gasteiger partial charge in [0.2, 0.25) is 0 Å². The molecule has 0 bridgehead atoms. The first-order valence-corrected chi connectivity index (χ1v) is 11.1. The Morgan fingerprint density at radius 1 is 1.34 bits per heavy atom. The first-order chi connectivity index (χ1) is 13.6. The Kier molecular flexibility index (Phi) is 6.77. The predicted molar refractivity (Wildman–Crippen MR) is 105 cm³/mol. The number of rotatable bonds is 8. The van der Waals surface area contributed by atoms with E-state index in [0.29, 0.717) is 11.0 Å². The minimum absolute atomic E-state index is 0.0445. The van der Waals surface area contributed by atoms with E-state index in [1.807, 2.05) is 13.8 Å². The molecule has 1 saturated heterocycles. The van der Waals surface area contributed by atoms with Gasteiger partial charge in [0.25, 0.3) is 0 Å². The standard InChI is InChI=1S/C19H28FN2O6P/c1-11(2)25-9-17-16(28-29(23,24)27-12(3)4)8-18(26-17)22-10-21-19-13(5)6-14(20)7-15(19)22/h6-7,10-12,16-18H,8-9H2,1-5H3,(H,23,24)/t16?,17?,18-/m1/s1. The highest BCUT2D eigenvalue weighted by molar-refractivity contribution is 7.47. The number of halogens is 1. The van der Waals surface area contributed by atoms with Gasteiger partial charge in [0.1, 0.15) is 24.3 Å². The van der Waals surface area contributed by atoms with Gasteiger partial charge in [-0.1, -0.05) is 0 Å². The molecule has 1 aromatic heterocycles. The van der Waals surface area contributed by atoms with Crippen molar-refractivity contribution in [2.45, 2.75) is 71.7 Å². The SMILES string of the molecule is Cc1cc(F)cc2c1ncn2[C@H]1CC(OP(=O)(O)OC(C)C)C(COC(C)C)O1. The molecular weight excluding hydrogens is 402 g/mol. The number of hydrogen-bond acceptors (Lipinski definition) is 6. The molecule has 8 nitrogen and oxygen atoms in total. The van der Waals surface area contributed by atoms with Gasteiger partial charge in [0, 0.05) is 6.42 Å². The molecular formula is C19H28FN2O6P. The second-order valence-corrected chi connectivity index (χ2v) is 9.11. The van der Waals surface area contributed by atoms with E-state index in [1.165, 1.54) is 12.1 Å². The van der Waals surface area contributed by atoms with Gasteiger partial charge in [0.15, 0.2) is 0 Å². The molecule has 4 atom stereocenters. The largest absolute Gasteiger partial charge is 0.472 e. The quantitative estimate of drug-likeness (QED) is 0.630. The van der Waals surface area contributed by atoms with E-state index in [9.17, 15) is 13.8 Å². The van der Waals surface area contributed by atoms with Crippen LogP contribution in [-0.2, 0) is 23.1 Å². The van der Waals surface area contributed by atoms with Crippen LogP contribution < -0.4 is 0 Å². The molecule has 162 valence electrons. The topological polar surface area (TPSA) is 92.0 Å². The fourth-order valence-corrected chi connectivity index (χ4v) is 4.52. The lowest BCUT2D eigenvalue weighted by molar-refractivity contribution is -0.0731. The van der Waals surface area contributed by atoms with E-state index in [4.69, 9.17) is 18.5 Å². The summed E-state index contributed by atoms with van der Waals surface area (Å²) in [6.07, 6.45) is -0.556. The van der Waals surface area contributed by atoms with E-state index < -0.39 is 32.4 Å². The van der Waals surface area contributed by atoms with Crippen molar-refractivity contribution in [1.82, 2.24) is 9.55 Å². The van der Waals surface area contributed by atoms with Crippen molar-refractivity contribution in [2.75, 3.05) is 6.61 Å². The Hall–Kier alpha value is -1.35. The molecule has 1 N–H and O–H groups in total. The highest BCUT2D eigenvalue weighted by atomic mass is 31.2. The summed E-state index contributed by atoms with van der Waals surface area (Å²) in [7, 11) is -4.27. The van der Waals surface area contributed by atoms with Gasteiger partial charge in [0.05, 0.1) is 36.2 Å². The van der Waals surface area contributed by atoms with Crippen molar-refractivity contribution < 1.29 is 32.4 Å². The summed E-state index contributed by atoms with van der Waals surface area (Å²) >= 11 is 0. The maximum Gasteiger partial charge on any atom is 0.472 e. The summed E-state index contributed by atoms with van der Waals surface area (Å²) in [5, 5.41) is 0. The molecule has 0 aliphatic carbocycles. The zero-order chi connectivity index (χ0) is 21.3. The highest BCUT2D eigenvalue weighted by Crippen LogP contribution is 2.49. The normalized spacial score (nSPS) is 24.7. The molecule has 1 aromatic carbocycles. The van der Waals surface area contributed by atoms with Crippen molar-refractivity contribution in [3.05, 3.63) is 29.8 Å². The molecule has 3 unspecified atom stereocenters. The highest BCUT2D eigenvalue weighted by Gasteiger charge is 2.42. The Bertz CT molecular complexity index is 902. The molecule has 1 aliphatic heterocycles. The number of phosphoric acid groups is 1. The fraction of sp³-hybridized carbons (Fsp3) is 0.632. The van der Waals surface area contributed by atoms with Crippen LogP contribution in [-0.4, -0.2) is 45.5 Å². The first-order valence-electron chi connectivity index (χ1n) is 9.65. The summed E-state index contributed by atoms with van der Waals surface area (Å²) in [6, 6.07) is 2.82. The maximum absolute atomic E-state index is 13.9. The van der Waals surface area contributed by atoms with Crippen molar-refractivity contribution >= 4 is 18.9 Å². The third kappa shape index (κ3) is 5.42. The summed E-state index contributed by atoms with van der Waals surface area (Å²) in [4.78, 5) is 14.4. The molecule has 0 saturated carbocycles. The van der Waals surface area contributed by atoms with E-state index >= 15 is 0 Å². The zero-order valence-electron chi connectivity index (χ0n) is 17.2. The van der Waals surface area contributed by atoms with E-state index in [-0.39, 0.29) is 24.9 Å². The third-order valence-corrected chi connectivity index (χ3v) is 5.76. The Morgan fingerprint density at radius 2 is 2.07 bits per heavy atom. The maximum atomic E-state index is 13.9. The Labute approximate surface area is 169 Å². The number of hydrogen-bond donors (Lipinski definition) is 1. The van der Waals surface area contributed by atoms with Crippen LogP contribution in [0.15, 0.2) is 18.5 Å². The van der Waals surface area contributed by atoms with Crippen LogP contribution in [0, 0.1) is 12.7 Å². The summed E-state index contributed by atoms with van der Waals surface area (Å²) in [6.45, 7) is 9.03. The summed E-state index contributed by atoms with van der Waals surface area (Å²) < 4.78 is 50.1. The number of aryl methyl sites for hydroxylation is 1. The van der Waals surface area contributed by atoms with Crippen molar-refractivity contribution in [1.29, 1.82) is 0 Å². The number of nitrogens with zero attached hydrogens (tertiary/aromatic N) is 2.